The molecule has 0 fully saturated rings. The molecule has 778 valence electrons. The summed E-state index contributed by atoms with van der Waals surface area (Å²) in [5, 5.41) is 91.8. The Morgan fingerprint density at radius 2 is 0.564 bits per heavy atom. The van der Waals surface area contributed by atoms with Gasteiger partial charge in [-0.05, 0) is 392 Å². The van der Waals surface area contributed by atoms with Gasteiger partial charge in [0.1, 0.15) is 50.9 Å². The summed E-state index contributed by atoms with van der Waals surface area (Å²) in [7, 11) is 0. The largest absolute Gasteiger partial charge is 0.450 e. The van der Waals surface area contributed by atoms with Crippen LogP contribution in [0.1, 0.15) is 166 Å². The number of ether oxygens (including phenoxy) is 2. The van der Waals surface area contributed by atoms with E-state index in [1.54, 1.807) is 61.2 Å². The second kappa shape index (κ2) is 57.9. The summed E-state index contributed by atoms with van der Waals surface area (Å²) in [5.41, 5.74) is 15.5. The van der Waals surface area contributed by atoms with Gasteiger partial charge in [0.05, 0.1) is 106 Å². The second-order valence-electron chi connectivity index (χ2n) is 35.8. The van der Waals surface area contributed by atoms with Crippen LogP contribution < -0.4 is 93.2 Å². The quantitative estimate of drug-likeness (QED) is 0.0316. The molecule has 8 aromatic rings. The summed E-state index contributed by atoms with van der Waals surface area (Å²) >= 11 is 44.8. The number of alkyl carbamates (subject to hydrolysis) is 2. The summed E-state index contributed by atoms with van der Waals surface area (Å²) in [4.78, 5) is 105. The lowest BCUT2D eigenvalue weighted by atomic mass is 10.1. The molecule has 0 radical (unpaired) electrons. The van der Waals surface area contributed by atoms with Crippen LogP contribution in [0.2, 0.25) is 5.02 Å². The van der Waals surface area contributed by atoms with Gasteiger partial charge in [-0.25, -0.2) is 18.4 Å². The lowest BCUT2D eigenvalue weighted by molar-refractivity contribution is -0.119. The molecule has 0 aromatic heterocycles. The predicted molar refractivity (Wildman–Crippen MR) is 608 cm³/mol. The zero-order chi connectivity index (χ0) is 109. The van der Waals surface area contributed by atoms with E-state index < -0.39 is 12.2 Å². The van der Waals surface area contributed by atoms with E-state index in [0.29, 0.717) is 121 Å². The Balaban J connectivity index is 0.000000199. The molecule has 45 heteroatoms. The Morgan fingerprint density at radius 1 is 0.329 bits per heavy atom. The highest BCUT2D eigenvalue weighted by atomic mass is 79.9. The van der Waals surface area contributed by atoms with Gasteiger partial charge in [0.15, 0.2) is 30.7 Å². The summed E-state index contributed by atoms with van der Waals surface area (Å²) in [6, 6.07) is 52.1. The fraction of sp³-hybridized carbons (Fsp3) is 0.346. The summed E-state index contributed by atoms with van der Waals surface area (Å²) in [6.45, 7) is 16.1. The van der Waals surface area contributed by atoms with Crippen molar-refractivity contribution in [3.8, 4) is 36.4 Å². The van der Waals surface area contributed by atoms with Gasteiger partial charge in [-0.3, -0.25) is 68.8 Å². The van der Waals surface area contributed by atoms with Gasteiger partial charge in [0.2, 0.25) is 35.4 Å². The van der Waals surface area contributed by atoms with Gasteiger partial charge < -0.3 is 62.6 Å². The first-order valence-corrected chi connectivity index (χ1v) is 51.7. The normalized spacial score (nSPS) is 13.7. The number of hydrogen-bond donors (Lipinski definition) is 12. The maximum atomic E-state index is 13.0. The first kappa shape index (κ1) is 118. The second-order valence-corrected chi connectivity index (χ2v) is 40.4. The van der Waals surface area contributed by atoms with E-state index in [0.717, 1.165) is 142 Å². The number of benzene rings is 8. The predicted octanol–water partition coefficient (Wildman–Crippen LogP) is 20.4. The maximum Gasteiger partial charge on any atom is 0.413 e. The Morgan fingerprint density at radius 3 is 0.866 bits per heavy atom. The SMILES string of the molecule is CC(C)(C)NC(=S)Nc1cc2c(cc1Cl)CCCC(=O)N2CC#N.CC(C)(C)NC(=S)Nc1ccc2c(c1)N(CC#N)C(=O)CCC2.CCOC(=O)NC(=S)Nc1cc2c(cc1Br)CCCC(=O)N2CC#N.CCOC(=O)NC(=S)Nc1ccc2c(c1)N(CC#N)C(=O)CCC2.N#CCN1C(=O)CCCc2cc(Br)c(NC(=S)Nc3ccc(F)cc3)cc21.N#CCN1C(=O)CCCc2ccc(NC(=S)Nc3ccc(F)cc3)cc21. The molecule has 6 aliphatic rings. The van der Waals surface area contributed by atoms with Crippen molar-refractivity contribution in [2.75, 3.05) is 124 Å². The maximum absolute atomic E-state index is 13.0. The first-order chi connectivity index (χ1) is 71.0. The van der Waals surface area contributed by atoms with Crippen LogP contribution in [0.4, 0.5) is 98.0 Å². The number of thiocarbonyl (C=S) groups is 6. The summed E-state index contributed by atoms with van der Waals surface area (Å²) in [6.07, 6.45) is 10.5. The third kappa shape index (κ3) is 36.9. The van der Waals surface area contributed by atoms with Crippen molar-refractivity contribution in [3.63, 3.8) is 0 Å². The van der Waals surface area contributed by atoms with E-state index in [1.807, 2.05) is 133 Å². The molecule has 0 saturated heterocycles. The third-order valence-corrected chi connectivity index (χ3v) is 25.2. The molecular formula is C104H111Br2ClF2N24O10S6. The highest BCUT2D eigenvalue weighted by molar-refractivity contribution is 9.11. The molecule has 14 rings (SSSR count). The number of rotatable bonds is 16. The zero-order valence-corrected chi connectivity index (χ0v) is 91.8. The van der Waals surface area contributed by atoms with Gasteiger partial charge >= 0.3 is 12.2 Å². The lowest BCUT2D eigenvalue weighted by Gasteiger charge is -2.25. The van der Waals surface area contributed by atoms with E-state index in [9.17, 15) is 47.1 Å². The van der Waals surface area contributed by atoms with Crippen LogP contribution in [0.5, 0.6) is 0 Å². The lowest BCUT2D eigenvalue weighted by Crippen LogP contribution is -2.43. The average Bonchev–Trinajstić information content (AvgIpc) is 1.80. The van der Waals surface area contributed by atoms with E-state index in [4.69, 9.17) is 126 Å². The molecule has 0 atom stereocenters. The number of fused-ring (bicyclic) bond motifs is 6. The van der Waals surface area contributed by atoms with Gasteiger partial charge in [-0.15, -0.1) is 0 Å². The molecule has 12 N–H and O–H groups in total. The third-order valence-electron chi connectivity index (χ3n) is 22.4. The van der Waals surface area contributed by atoms with Crippen LogP contribution in [-0.4, -0.2) is 142 Å². The van der Waals surface area contributed by atoms with Crippen LogP contribution in [0.25, 0.3) is 0 Å². The van der Waals surface area contributed by atoms with Crippen molar-refractivity contribution in [2.45, 2.75) is 182 Å². The minimum Gasteiger partial charge on any atom is -0.450 e. The van der Waals surface area contributed by atoms with Crippen LogP contribution >= 0.6 is 117 Å². The molecule has 0 unspecified atom stereocenters. The number of nitrogens with zero attached hydrogens (tertiary/aromatic N) is 12. The zero-order valence-electron chi connectivity index (χ0n) is 83.0. The molecule has 6 aliphatic heterocycles. The highest BCUT2D eigenvalue weighted by Gasteiger charge is 2.32. The van der Waals surface area contributed by atoms with Crippen molar-refractivity contribution >= 4 is 275 Å². The van der Waals surface area contributed by atoms with E-state index in [-0.39, 0.29) is 121 Å². The molecule has 6 heterocycles. The van der Waals surface area contributed by atoms with Crippen molar-refractivity contribution in [2.24, 2.45) is 0 Å². The molecule has 0 saturated carbocycles. The number of carbonyl (C=O) groups is 8. The van der Waals surface area contributed by atoms with E-state index in [2.05, 4.69) is 114 Å². The van der Waals surface area contributed by atoms with Crippen molar-refractivity contribution < 1.29 is 56.6 Å². The fourth-order valence-corrected chi connectivity index (χ4v) is 18.8. The van der Waals surface area contributed by atoms with E-state index >= 15 is 0 Å². The Kier molecular flexibility index (Phi) is 45.9. The molecular weight excluding hydrogens is 2170 g/mol. The summed E-state index contributed by atoms with van der Waals surface area (Å²) in [5.74, 6) is -0.945. The number of anilines is 14. The Hall–Kier alpha value is -14.3. The standard InChI is InChI=1S/C19H16BrFN4OS.C19H17FN4OS.C17H21ClN4OS.C17H22N4OS.C16H17BrN4O3S.C16H18N4O3S/c20-15-10-12-2-1-3-18(26)25(9-8-22)17(12)11-16(15)24-19(27)23-14-6-4-13(21)5-7-14;20-14-5-8-15(9-6-14)22-19(26)23-16-7-4-13-2-1-3-18(25)24(11-10-21)17(13)12-16;1-17(2,3)21-16(24)20-13-10-14-11(9-12(13)18)5-4-6-15(23)22(14)8-7-19;1-17(2,3)20-16(23)19-13-8-7-12-5-4-6-15(22)21(10-9-18)14(12)11-13;1-2-24-16(23)20-15(25)19-12-9-13-10(8-11(12)17)4-3-5-14(22)21(13)7-6-18;1-2-23-16(22)19-15(24)18-12-7-6-11-4-3-5-14(21)20(9-8-17)13(11)10-12/h4-7,10-11H,1-3,9H2,(H2,23,24,27);4-9,12H,1-3,11H2,(H2,22,23,26);9-10H,4-6,8H2,1-3H3,(H2,20,21,24);7-8,11H,4-6,10H2,1-3H3,(H2,19,20,23);8-9H,2-5,7H2,1H3,(H2,19,20,23,25);6-7,10H,2-5,9H2,1H3,(H2,18,19,22,24). The molecule has 0 bridgehead atoms. The molecule has 34 nitrogen and oxygen atoms in total. The number of halogens is 5. The fourth-order valence-electron chi connectivity index (χ4n) is 15.9. The number of aryl methyl sites for hydroxylation is 6. The first-order valence-electron chi connectivity index (χ1n) is 47.3. The molecule has 0 spiro atoms. The summed E-state index contributed by atoms with van der Waals surface area (Å²) < 4.78 is 37.0. The van der Waals surface area contributed by atoms with Crippen molar-refractivity contribution in [1.82, 2.24) is 21.3 Å². The number of nitriles is 6. The molecule has 8 aromatic carbocycles. The Bertz CT molecular complexity index is 6640. The number of nitrogens with one attached hydrogen (secondary N) is 12. The minimum absolute atomic E-state index is 0.000803. The van der Waals surface area contributed by atoms with Crippen LogP contribution in [0.15, 0.2) is 148 Å². The van der Waals surface area contributed by atoms with Gasteiger partial charge in [0.25, 0.3) is 0 Å². The van der Waals surface area contributed by atoms with Crippen LogP contribution in [-0.2, 0) is 76.8 Å². The van der Waals surface area contributed by atoms with E-state index in [1.165, 1.54) is 48.8 Å². The smallest absolute Gasteiger partial charge is 0.413 e. The topological polar surface area (TPSA) is 462 Å². The highest BCUT2D eigenvalue weighted by Crippen LogP contribution is 2.41. The van der Waals surface area contributed by atoms with Gasteiger partial charge in [-0.1, -0.05) is 29.8 Å². The van der Waals surface area contributed by atoms with Gasteiger partial charge in [-0.2, -0.15) is 31.6 Å². The molecule has 0 aliphatic carbocycles. The Labute approximate surface area is 918 Å². The average molecular weight is 2280 g/mol. The van der Waals surface area contributed by atoms with Crippen molar-refractivity contribution in [1.29, 1.82) is 31.6 Å². The minimum atomic E-state index is -0.646. The number of hydrogen-bond acceptors (Lipinski definition) is 22. The molecule has 8 amide bonds. The number of carbonyl (C=O) groups excluding carboxylic acids is 8. The van der Waals surface area contributed by atoms with Crippen LogP contribution in [0.3, 0.4) is 0 Å². The van der Waals surface area contributed by atoms with Crippen LogP contribution in [0, 0.1) is 79.6 Å². The number of amides is 8. The van der Waals surface area contributed by atoms with Gasteiger partial charge in [0, 0.05) is 87.0 Å². The molecule has 149 heavy (non-hydrogen) atoms. The monoisotopic (exact) mass is 2280 g/mol. The van der Waals surface area contributed by atoms with Crippen molar-refractivity contribution in [3.05, 3.63) is 199 Å².